The molecule has 7 heteroatoms. The largest absolute Gasteiger partial charge is 0.497 e. The van der Waals surface area contributed by atoms with Gasteiger partial charge in [0.15, 0.2) is 5.96 Å². The second-order valence-corrected chi connectivity index (χ2v) is 6.89. The Hall–Kier alpha value is -2.28. The van der Waals surface area contributed by atoms with Gasteiger partial charge in [0, 0.05) is 42.8 Å². The molecule has 0 spiro atoms. The summed E-state index contributed by atoms with van der Waals surface area (Å²) < 4.78 is 10.7. The number of aromatic nitrogens is 1. The lowest BCUT2D eigenvalue weighted by Gasteiger charge is -2.23. The van der Waals surface area contributed by atoms with Crippen molar-refractivity contribution in [1.29, 1.82) is 0 Å². The average molecular weight is 362 g/mol. The topological polar surface area (TPSA) is 59.0 Å². The molecule has 0 aliphatic rings. The number of methoxy groups -OCH3 is 2. The molecule has 1 heterocycles. The van der Waals surface area contributed by atoms with E-state index in [2.05, 4.69) is 29.0 Å². The molecule has 2 aromatic rings. The van der Waals surface area contributed by atoms with Crippen LogP contribution in [-0.2, 0) is 13.1 Å². The maximum Gasteiger partial charge on any atom is 0.194 e. The molecule has 0 bridgehead atoms. The van der Waals surface area contributed by atoms with Crippen LogP contribution in [0.3, 0.4) is 0 Å². The Bertz CT molecular complexity index is 715. The number of ether oxygens (including phenoxy) is 2. The Morgan fingerprint density at radius 1 is 1.32 bits per heavy atom. The van der Waals surface area contributed by atoms with E-state index in [1.807, 2.05) is 31.4 Å². The Morgan fingerprint density at radius 3 is 2.72 bits per heavy atom. The lowest BCUT2D eigenvalue weighted by atomic mass is 10.2. The predicted octanol–water partition coefficient (Wildman–Crippen LogP) is 3.07. The van der Waals surface area contributed by atoms with Gasteiger partial charge in [-0.3, -0.25) is 0 Å². The Kier molecular flexibility index (Phi) is 7.06. The number of aliphatic imine (C=N–C) groups is 1. The molecule has 1 aromatic carbocycles. The maximum atomic E-state index is 5.49. The summed E-state index contributed by atoms with van der Waals surface area (Å²) in [5, 5.41) is 4.34. The van der Waals surface area contributed by atoms with Gasteiger partial charge >= 0.3 is 0 Å². The highest BCUT2D eigenvalue weighted by molar-refractivity contribution is 7.11. The number of thiazole rings is 1. The SMILES string of the molecule is CCNC(=NCc1ncc(C)s1)N(C)Cc1ccc(OC)cc1OC. The van der Waals surface area contributed by atoms with Crippen LogP contribution in [0.25, 0.3) is 0 Å². The van der Waals surface area contributed by atoms with Crippen molar-refractivity contribution >= 4 is 17.3 Å². The molecule has 0 saturated heterocycles. The Labute approximate surface area is 153 Å². The van der Waals surface area contributed by atoms with Crippen LogP contribution >= 0.6 is 11.3 Å². The number of nitrogens with zero attached hydrogens (tertiary/aromatic N) is 3. The first-order valence-corrected chi connectivity index (χ1v) is 9.00. The van der Waals surface area contributed by atoms with Crippen molar-refractivity contribution in [3.63, 3.8) is 0 Å². The van der Waals surface area contributed by atoms with Gasteiger partial charge in [0.1, 0.15) is 16.5 Å². The van der Waals surface area contributed by atoms with E-state index in [4.69, 9.17) is 14.5 Å². The van der Waals surface area contributed by atoms with E-state index in [0.29, 0.717) is 13.1 Å². The van der Waals surface area contributed by atoms with Crippen LogP contribution in [0.4, 0.5) is 0 Å². The van der Waals surface area contributed by atoms with Crippen LogP contribution in [0, 0.1) is 6.92 Å². The van der Waals surface area contributed by atoms with Gasteiger partial charge in [0.25, 0.3) is 0 Å². The minimum absolute atomic E-state index is 0.574. The van der Waals surface area contributed by atoms with Gasteiger partial charge < -0.3 is 19.7 Å². The van der Waals surface area contributed by atoms with Crippen LogP contribution < -0.4 is 14.8 Å². The standard InChI is InChI=1S/C18H26N4O2S/c1-6-19-18(21-11-17-20-10-13(2)25-17)22(3)12-14-7-8-15(23-4)9-16(14)24-5/h7-10H,6,11-12H2,1-5H3,(H,19,21). The highest BCUT2D eigenvalue weighted by Gasteiger charge is 2.11. The summed E-state index contributed by atoms with van der Waals surface area (Å²) in [6.45, 7) is 6.17. The molecular weight excluding hydrogens is 336 g/mol. The van der Waals surface area contributed by atoms with Gasteiger partial charge in [-0.25, -0.2) is 9.98 Å². The van der Waals surface area contributed by atoms with Gasteiger partial charge in [-0.15, -0.1) is 11.3 Å². The lowest BCUT2D eigenvalue weighted by Crippen LogP contribution is -2.38. The average Bonchev–Trinajstić information content (AvgIpc) is 3.04. The second kappa shape index (κ2) is 9.27. The molecule has 0 aliphatic heterocycles. The minimum atomic E-state index is 0.574. The number of hydrogen-bond donors (Lipinski definition) is 1. The molecule has 0 aliphatic carbocycles. The van der Waals surface area contributed by atoms with Crippen molar-refractivity contribution in [1.82, 2.24) is 15.2 Å². The molecule has 1 N–H and O–H groups in total. The number of benzene rings is 1. The number of guanidine groups is 1. The van der Waals surface area contributed by atoms with Gasteiger partial charge in [0.05, 0.1) is 20.8 Å². The van der Waals surface area contributed by atoms with Gasteiger partial charge in [0.2, 0.25) is 0 Å². The Morgan fingerprint density at radius 2 is 2.12 bits per heavy atom. The first-order valence-electron chi connectivity index (χ1n) is 8.19. The van der Waals surface area contributed by atoms with E-state index < -0.39 is 0 Å². The van der Waals surface area contributed by atoms with Crippen LogP contribution in [0.5, 0.6) is 11.5 Å². The summed E-state index contributed by atoms with van der Waals surface area (Å²) in [7, 11) is 5.33. The number of nitrogens with one attached hydrogen (secondary N) is 1. The third-order valence-corrected chi connectivity index (χ3v) is 4.53. The van der Waals surface area contributed by atoms with E-state index in [0.717, 1.165) is 34.6 Å². The first-order chi connectivity index (χ1) is 12.1. The zero-order valence-electron chi connectivity index (χ0n) is 15.5. The zero-order chi connectivity index (χ0) is 18.2. The monoisotopic (exact) mass is 362 g/mol. The zero-order valence-corrected chi connectivity index (χ0v) is 16.3. The highest BCUT2D eigenvalue weighted by atomic mass is 32.1. The fraction of sp³-hybridized carbons (Fsp3) is 0.444. The van der Waals surface area contributed by atoms with Crippen molar-refractivity contribution in [2.75, 3.05) is 27.8 Å². The summed E-state index contributed by atoms with van der Waals surface area (Å²) in [6, 6.07) is 5.85. The fourth-order valence-electron chi connectivity index (χ4n) is 2.40. The molecule has 0 radical (unpaired) electrons. The summed E-state index contributed by atoms with van der Waals surface area (Å²) in [6.07, 6.45) is 1.88. The molecule has 6 nitrogen and oxygen atoms in total. The number of hydrogen-bond acceptors (Lipinski definition) is 5. The van der Waals surface area contributed by atoms with Crippen molar-refractivity contribution in [3.8, 4) is 11.5 Å². The number of aryl methyl sites for hydroxylation is 1. The molecule has 2 rings (SSSR count). The molecular formula is C18H26N4O2S. The highest BCUT2D eigenvalue weighted by Crippen LogP contribution is 2.25. The summed E-state index contributed by atoms with van der Waals surface area (Å²) in [4.78, 5) is 12.3. The van der Waals surface area contributed by atoms with E-state index in [1.165, 1.54) is 4.88 Å². The molecule has 136 valence electrons. The normalized spacial score (nSPS) is 11.3. The summed E-state index contributed by atoms with van der Waals surface area (Å²) in [5.74, 6) is 2.42. The minimum Gasteiger partial charge on any atom is -0.497 e. The second-order valence-electron chi connectivity index (χ2n) is 5.57. The van der Waals surface area contributed by atoms with Crippen LogP contribution in [0.2, 0.25) is 0 Å². The molecule has 0 unspecified atom stereocenters. The fourth-order valence-corrected chi connectivity index (χ4v) is 3.11. The molecule has 0 fully saturated rings. The van der Waals surface area contributed by atoms with Gasteiger partial charge in [-0.2, -0.15) is 0 Å². The van der Waals surface area contributed by atoms with Crippen LogP contribution in [0.15, 0.2) is 29.4 Å². The Balaban J connectivity index is 2.13. The smallest absolute Gasteiger partial charge is 0.194 e. The van der Waals surface area contributed by atoms with Crippen molar-refractivity contribution in [3.05, 3.63) is 39.8 Å². The van der Waals surface area contributed by atoms with Gasteiger partial charge in [-0.1, -0.05) is 0 Å². The molecule has 0 amide bonds. The van der Waals surface area contributed by atoms with Gasteiger partial charge in [-0.05, 0) is 26.0 Å². The van der Waals surface area contributed by atoms with E-state index in [-0.39, 0.29) is 0 Å². The van der Waals surface area contributed by atoms with Crippen molar-refractivity contribution in [2.24, 2.45) is 4.99 Å². The van der Waals surface area contributed by atoms with Crippen molar-refractivity contribution < 1.29 is 9.47 Å². The molecule has 0 atom stereocenters. The van der Waals surface area contributed by atoms with E-state index in [1.54, 1.807) is 25.6 Å². The third kappa shape index (κ3) is 5.35. The van der Waals surface area contributed by atoms with Crippen LogP contribution in [0.1, 0.15) is 22.4 Å². The van der Waals surface area contributed by atoms with Crippen molar-refractivity contribution in [2.45, 2.75) is 26.9 Å². The predicted molar refractivity (Wildman–Crippen MR) is 103 cm³/mol. The summed E-state index contributed by atoms with van der Waals surface area (Å²) in [5.41, 5.74) is 1.07. The van der Waals surface area contributed by atoms with E-state index in [9.17, 15) is 0 Å². The molecule has 1 aromatic heterocycles. The third-order valence-electron chi connectivity index (χ3n) is 3.63. The summed E-state index contributed by atoms with van der Waals surface area (Å²) >= 11 is 1.68. The lowest BCUT2D eigenvalue weighted by molar-refractivity contribution is 0.382. The molecule has 0 saturated carbocycles. The molecule has 25 heavy (non-hydrogen) atoms. The quantitative estimate of drug-likeness (QED) is 0.606. The first kappa shape index (κ1) is 19.1. The van der Waals surface area contributed by atoms with E-state index >= 15 is 0 Å². The maximum absolute atomic E-state index is 5.49. The number of rotatable bonds is 7. The van der Waals surface area contributed by atoms with Crippen LogP contribution in [-0.4, -0.2) is 43.7 Å².